The van der Waals surface area contributed by atoms with Crippen molar-refractivity contribution in [1.82, 2.24) is 0 Å². The van der Waals surface area contributed by atoms with E-state index in [2.05, 4.69) is 0 Å². The van der Waals surface area contributed by atoms with Crippen molar-refractivity contribution in [2.24, 2.45) is 5.92 Å². The molecule has 18 heavy (non-hydrogen) atoms. The number of non-ortho nitro benzene ring substituents is 1. The SMILES string of the molecule is CCCC(CCc1ccc([N+](=O)[O-])cc1)C(=O)O. The number of carboxylic acids is 1. The fourth-order valence-electron chi connectivity index (χ4n) is 1.86. The van der Waals surface area contributed by atoms with Gasteiger partial charge in [0.05, 0.1) is 10.8 Å². The van der Waals surface area contributed by atoms with E-state index >= 15 is 0 Å². The summed E-state index contributed by atoms with van der Waals surface area (Å²) in [5, 5.41) is 19.5. The molecule has 0 saturated carbocycles. The van der Waals surface area contributed by atoms with Gasteiger partial charge in [0.25, 0.3) is 5.69 Å². The maximum atomic E-state index is 11.0. The Morgan fingerprint density at radius 3 is 2.39 bits per heavy atom. The Bertz CT molecular complexity index is 414. The highest BCUT2D eigenvalue weighted by atomic mass is 16.6. The van der Waals surface area contributed by atoms with Crippen LogP contribution in [0.5, 0.6) is 0 Å². The molecule has 98 valence electrons. The maximum absolute atomic E-state index is 11.0. The van der Waals surface area contributed by atoms with Crippen molar-refractivity contribution >= 4 is 11.7 Å². The Morgan fingerprint density at radius 2 is 1.94 bits per heavy atom. The van der Waals surface area contributed by atoms with Crippen LogP contribution in [-0.2, 0) is 11.2 Å². The van der Waals surface area contributed by atoms with Gasteiger partial charge in [0, 0.05) is 12.1 Å². The Labute approximate surface area is 106 Å². The summed E-state index contributed by atoms with van der Waals surface area (Å²) in [5.74, 6) is -1.09. The van der Waals surface area contributed by atoms with Crippen molar-refractivity contribution in [3.05, 3.63) is 39.9 Å². The summed E-state index contributed by atoms with van der Waals surface area (Å²) >= 11 is 0. The van der Waals surface area contributed by atoms with E-state index in [-0.39, 0.29) is 11.6 Å². The van der Waals surface area contributed by atoms with E-state index in [1.54, 1.807) is 12.1 Å². The molecule has 5 heteroatoms. The standard InChI is InChI=1S/C13H17NO4/c1-2-3-11(13(15)16)7-4-10-5-8-12(9-6-10)14(17)18/h5-6,8-9,11H,2-4,7H2,1H3,(H,15,16). The summed E-state index contributed by atoms with van der Waals surface area (Å²) in [5.41, 5.74) is 0.991. The van der Waals surface area contributed by atoms with Crippen LogP contribution in [0, 0.1) is 16.0 Å². The second kappa shape index (κ2) is 6.74. The van der Waals surface area contributed by atoms with Gasteiger partial charge in [0.1, 0.15) is 0 Å². The highest BCUT2D eigenvalue weighted by Gasteiger charge is 2.16. The average Bonchev–Trinajstić information content (AvgIpc) is 2.34. The van der Waals surface area contributed by atoms with Crippen molar-refractivity contribution in [3.63, 3.8) is 0 Å². The highest BCUT2D eigenvalue weighted by molar-refractivity contribution is 5.69. The molecule has 0 spiro atoms. The molecule has 1 N–H and O–H groups in total. The van der Waals surface area contributed by atoms with Gasteiger partial charge in [-0.2, -0.15) is 0 Å². The lowest BCUT2D eigenvalue weighted by Crippen LogP contribution is -2.14. The van der Waals surface area contributed by atoms with Crippen molar-refractivity contribution in [3.8, 4) is 0 Å². The number of carbonyl (C=O) groups is 1. The third-order valence-electron chi connectivity index (χ3n) is 2.92. The molecule has 0 aliphatic heterocycles. The van der Waals surface area contributed by atoms with E-state index < -0.39 is 10.9 Å². The normalized spacial score (nSPS) is 12.1. The molecule has 1 atom stereocenters. The fraction of sp³-hybridized carbons (Fsp3) is 0.462. The predicted molar refractivity (Wildman–Crippen MR) is 67.5 cm³/mol. The number of hydrogen-bond acceptors (Lipinski definition) is 3. The van der Waals surface area contributed by atoms with Crippen LogP contribution in [0.3, 0.4) is 0 Å². The number of nitrogens with zero attached hydrogens (tertiary/aromatic N) is 1. The van der Waals surface area contributed by atoms with Crippen LogP contribution in [-0.4, -0.2) is 16.0 Å². The number of nitro groups is 1. The molecule has 1 rings (SSSR count). The molecule has 1 aromatic carbocycles. The molecule has 0 amide bonds. The Morgan fingerprint density at radius 1 is 1.33 bits per heavy atom. The smallest absolute Gasteiger partial charge is 0.306 e. The van der Waals surface area contributed by atoms with Gasteiger partial charge >= 0.3 is 5.97 Å². The number of aryl methyl sites for hydroxylation is 1. The fourth-order valence-corrected chi connectivity index (χ4v) is 1.86. The molecule has 1 aromatic rings. The second-order valence-electron chi connectivity index (χ2n) is 4.29. The summed E-state index contributed by atoms with van der Waals surface area (Å²) in [7, 11) is 0. The van der Waals surface area contributed by atoms with Gasteiger partial charge in [-0.25, -0.2) is 0 Å². The second-order valence-corrected chi connectivity index (χ2v) is 4.29. The van der Waals surface area contributed by atoms with Crippen molar-refractivity contribution < 1.29 is 14.8 Å². The van der Waals surface area contributed by atoms with Crippen LogP contribution in [0.4, 0.5) is 5.69 Å². The van der Waals surface area contributed by atoms with Crippen molar-refractivity contribution in [1.29, 1.82) is 0 Å². The quantitative estimate of drug-likeness (QED) is 0.596. The number of rotatable bonds is 7. The molecule has 0 radical (unpaired) electrons. The molecule has 0 aliphatic rings. The van der Waals surface area contributed by atoms with Gasteiger partial charge in [-0.1, -0.05) is 25.5 Å². The lowest BCUT2D eigenvalue weighted by molar-refractivity contribution is -0.384. The minimum atomic E-state index is -0.765. The first-order valence-electron chi connectivity index (χ1n) is 6.00. The van der Waals surface area contributed by atoms with Gasteiger partial charge in [0.15, 0.2) is 0 Å². The van der Waals surface area contributed by atoms with Crippen LogP contribution >= 0.6 is 0 Å². The first kappa shape index (κ1) is 14.2. The van der Waals surface area contributed by atoms with E-state index in [0.717, 1.165) is 12.0 Å². The minimum absolute atomic E-state index is 0.0575. The zero-order chi connectivity index (χ0) is 13.5. The highest BCUT2D eigenvalue weighted by Crippen LogP contribution is 2.17. The molecule has 0 bridgehead atoms. The predicted octanol–water partition coefficient (Wildman–Crippen LogP) is 3.03. The summed E-state index contributed by atoms with van der Waals surface area (Å²) in [6, 6.07) is 6.27. The third-order valence-corrected chi connectivity index (χ3v) is 2.92. The first-order chi connectivity index (χ1) is 8.54. The third kappa shape index (κ3) is 4.16. The zero-order valence-corrected chi connectivity index (χ0v) is 10.3. The zero-order valence-electron chi connectivity index (χ0n) is 10.3. The van der Waals surface area contributed by atoms with Crippen LogP contribution in [0.1, 0.15) is 31.7 Å². The van der Waals surface area contributed by atoms with Gasteiger partial charge < -0.3 is 5.11 Å². The summed E-state index contributed by atoms with van der Waals surface area (Å²) in [4.78, 5) is 21.0. The molecule has 5 nitrogen and oxygen atoms in total. The van der Waals surface area contributed by atoms with Crippen LogP contribution in [0.15, 0.2) is 24.3 Å². The van der Waals surface area contributed by atoms with Crippen molar-refractivity contribution in [2.45, 2.75) is 32.6 Å². The van der Waals surface area contributed by atoms with E-state index in [1.807, 2.05) is 6.92 Å². The van der Waals surface area contributed by atoms with Gasteiger partial charge in [-0.05, 0) is 24.8 Å². The van der Waals surface area contributed by atoms with Gasteiger partial charge in [0.2, 0.25) is 0 Å². The summed E-state index contributed by atoms with van der Waals surface area (Å²) < 4.78 is 0. The van der Waals surface area contributed by atoms with Crippen molar-refractivity contribution in [2.75, 3.05) is 0 Å². The lowest BCUT2D eigenvalue weighted by atomic mass is 9.95. The van der Waals surface area contributed by atoms with E-state index in [4.69, 9.17) is 5.11 Å². The topological polar surface area (TPSA) is 80.4 Å². The molecule has 1 unspecified atom stereocenters. The van der Waals surface area contributed by atoms with Crippen LogP contribution in [0.2, 0.25) is 0 Å². The molecular weight excluding hydrogens is 234 g/mol. The van der Waals surface area contributed by atoms with Gasteiger partial charge in [-0.15, -0.1) is 0 Å². The molecular formula is C13H17NO4. The molecule has 0 aliphatic carbocycles. The largest absolute Gasteiger partial charge is 0.481 e. The molecule has 0 saturated heterocycles. The summed E-state index contributed by atoms with van der Waals surface area (Å²) in [6.07, 6.45) is 2.72. The number of carboxylic acid groups (broad SMARTS) is 1. The average molecular weight is 251 g/mol. The monoisotopic (exact) mass is 251 g/mol. The Balaban J connectivity index is 2.56. The number of hydrogen-bond donors (Lipinski definition) is 1. The van der Waals surface area contributed by atoms with Crippen LogP contribution < -0.4 is 0 Å². The molecule has 0 heterocycles. The molecule has 0 fully saturated rings. The van der Waals surface area contributed by atoms with E-state index in [9.17, 15) is 14.9 Å². The number of aliphatic carboxylic acids is 1. The van der Waals surface area contributed by atoms with Crippen LogP contribution in [0.25, 0.3) is 0 Å². The first-order valence-corrected chi connectivity index (χ1v) is 6.00. The van der Waals surface area contributed by atoms with Gasteiger partial charge in [-0.3, -0.25) is 14.9 Å². The number of benzene rings is 1. The Kier molecular flexibility index (Phi) is 5.30. The lowest BCUT2D eigenvalue weighted by Gasteiger charge is -2.10. The number of nitro benzene ring substituents is 1. The Hall–Kier alpha value is -1.91. The summed E-state index contributed by atoms with van der Waals surface area (Å²) in [6.45, 7) is 1.96. The maximum Gasteiger partial charge on any atom is 0.306 e. The molecule has 0 aromatic heterocycles. The van der Waals surface area contributed by atoms with E-state index in [1.165, 1.54) is 12.1 Å². The van der Waals surface area contributed by atoms with E-state index in [0.29, 0.717) is 19.3 Å². The minimum Gasteiger partial charge on any atom is -0.481 e.